The van der Waals surface area contributed by atoms with Crippen LogP contribution in [0.2, 0.25) is 0 Å². The number of nitrogens with two attached hydrogens (primary N) is 1. The van der Waals surface area contributed by atoms with Crippen molar-refractivity contribution < 1.29 is 4.79 Å². The Kier molecular flexibility index (Phi) is 3.87. The predicted molar refractivity (Wildman–Crippen MR) is 65.0 cm³/mol. The molecule has 0 aliphatic carbocycles. The maximum absolute atomic E-state index is 11.9. The third-order valence-corrected chi connectivity index (χ3v) is 2.71. The molecule has 0 bridgehead atoms. The van der Waals surface area contributed by atoms with Crippen LogP contribution in [-0.2, 0) is 11.8 Å². The van der Waals surface area contributed by atoms with Crippen molar-refractivity contribution in [1.82, 2.24) is 20.1 Å². The smallest absolute Gasteiger partial charge is 0.238 e. The van der Waals surface area contributed by atoms with Gasteiger partial charge in [-0.05, 0) is 12.3 Å². The largest absolute Gasteiger partial charge is 0.345 e. The molecule has 1 aromatic rings. The highest BCUT2D eigenvalue weighted by molar-refractivity contribution is 5.82. The molecule has 0 saturated heterocycles. The van der Waals surface area contributed by atoms with Gasteiger partial charge in [0.2, 0.25) is 5.91 Å². The third-order valence-electron chi connectivity index (χ3n) is 2.71. The van der Waals surface area contributed by atoms with Crippen LogP contribution in [0.1, 0.15) is 39.6 Å². The van der Waals surface area contributed by atoms with Crippen molar-refractivity contribution in [2.75, 3.05) is 0 Å². The SMILES string of the molecule is CC(NC(=O)C(N)C(C)(C)C)c1nncn1C. The molecule has 1 amide bonds. The van der Waals surface area contributed by atoms with Gasteiger partial charge >= 0.3 is 0 Å². The molecule has 1 rings (SSSR count). The van der Waals surface area contributed by atoms with Gasteiger partial charge in [-0.15, -0.1) is 10.2 Å². The number of hydrogen-bond donors (Lipinski definition) is 2. The van der Waals surface area contributed by atoms with Gasteiger partial charge in [-0.1, -0.05) is 20.8 Å². The van der Waals surface area contributed by atoms with Gasteiger partial charge < -0.3 is 15.6 Å². The molecular weight excluding hydrogens is 218 g/mol. The van der Waals surface area contributed by atoms with E-state index in [0.29, 0.717) is 5.82 Å². The third kappa shape index (κ3) is 3.26. The Balaban J connectivity index is 2.67. The van der Waals surface area contributed by atoms with Crippen LogP contribution in [-0.4, -0.2) is 26.7 Å². The molecule has 2 unspecified atom stereocenters. The Morgan fingerprint density at radius 3 is 2.53 bits per heavy atom. The molecule has 2 atom stereocenters. The molecule has 0 spiro atoms. The normalized spacial score (nSPS) is 15.4. The topological polar surface area (TPSA) is 85.8 Å². The van der Waals surface area contributed by atoms with E-state index in [1.165, 1.54) is 0 Å². The van der Waals surface area contributed by atoms with Gasteiger partial charge in [0.15, 0.2) is 5.82 Å². The van der Waals surface area contributed by atoms with Crippen LogP contribution in [0.25, 0.3) is 0 Å². The minimum atomic E-state index is -0.543. The van der Waals surface area contributed by atoms with Gasteiger partial charge in [0.1, 0.15) is 6.33 Å². The fraction of sp³-hybridized carbons (Fsp3) is 0.727. The van der Waals surface area contributed by atoms with Crippen LogP contribution in [0.3, 0.4) is 0 Å². The molecule has 6 nitrogen and oxygen atoms in total. The van der Waals surface area contributed by atoms with Crippen molar-refractivity contribution in [3.8, 4) is 0 Å². The van der Waals surface area contributed by atoms with E-state index in [0.717, 1.165) is 0 Å². The standard InChI is InChI=1S/C11H21N5O/c1-7(9-15-13-6-16(9)5)14-10(17)8(12)11(2,3)4/h6-8H,12H2,1-5H3,(H,14,17). The van der Waals surface area contributed by atoms with Gasteiger partial charge in [-0.3, -0.25) is 4.79 Å². The molecule has 96 valence electrons. The Hall–Kier alpha value is -1.43. The quantitative estimate of drug-likeness (QED) is 0.797. The van der Waals surface area contributed by atoms with E-state index in [4.69, 9.17) is 5.73 Å². The van der Waals surface area contributed by atoms with Crippen molar-refractivity contribution >= 4 is 5.91 Å². The molecular formula is C11H21N5O. The first-order valence-electron chi connectivity index (χ1n) is 5.63. The number of carbonyl (C=O) groups excluding carboxylic acids is 1. The van der Waals surface area contributed by atoms with Crippen molar-refractivity contribution in [1.29, 1.82) is 0 Å². The average Bonchev–Trinajstić information content (AvgIpc) is 2.61. The minimum absolute atomic E-state index is 0.173. The molecule has 0 aromatic carbocycles. The highest BCUT2D eigenvalue weighted by Crippen LogP contribution is 2.18. The lowest BCUT2D eigenvalue weighted by Gasteiger charge is -2.27. The molecule has 1 aromatic heterocycles. The van der Waals surface area contributed by atoms with Crippen molar-refractivity contribution in [3.05, 3.63) is 12.2 Å². The van der Waals surface area contributed by atoms with Gasteiger partial charge in [-0.25, -0.2) is 0 Å². The van der Waals surface area contributed by atoms with Crippen molar-refractivity contribution in [2.24, 2.45) is 18.2 Å². The van der Waals surface area contributed by atoms with Gasteiger partial charge in [0.25, 0.3) is 0 Å². The summed E-state index contributed by atoms with van der Waals surface area (Å²) >= 11 is 0. The van der Waals surface area contributed by atoms with E-state index >= 15 is 0 Å². The monoisotopic (exact) mass is 239 g/mol. The molecule has 0 saturated carbocycles. The van der Waals surface area contributed by atoms with Gasteiger partial charge in [0, 0.05) is 7.05 Å². The van der Waals surface area contributed by atoms with Crippen LogP contribution in [0.4, 0.5) is 0 Å². The van der Waals surface area contributed by atoms with Crippen LogP contribution < -0.4 is 11.1 Å². The van der Waals surface area contributed by atoms with Crippen LogP contribution in [0.15, 0.2) is 6.33 Å². The number of aryl methyl sites for hydroxylation is 1. The van der Waals surface area contributed by atoms with Crippen LogP contribution in [0, 0.1) is 5.41 Å². The first kappa shape index (κ1) is 13.6. The summed E-state index contributed by atoms with van der Waals surface area (Å²) in [5.74, 6) is 0.535. The second-order valence-corrected chi connectivity index (χ2v) is 5.37. The Bertz CT molecular complexity index is 393. The highest BCUT2D eigenvalue weighted by Gasteiger charge is 2.28. The van der Waals surface area contributed by atoms with Crippen molar-refractivity contribution in [2.45, 2.75) is 39.8 Å². The summed E-state index contributed by atoms with van der Waals surface area (Å²) in [5, 5.41) is 10.6. The number of aromatic nitrogens is 3. The maximum atomic E-state index is 11.9. The zero-order valence-corrected chi connectivity index (χ0v) is 11.1. The minimum Gasteiger partial charge on any atom is -0.345 e. The van der Waals surface area contributed by atoms with E-state index in [1.54, 1.807) is 10.9 Å². The summed E-state index contributed by atoms with van der Waals surface area (Å²) in [6.07, 6.45) is 1.60. The zero-order valence-electron chi connectivity index (χ0n) is 11.1. The van der Waals surface area contributed by atoms with E-state index in [9.17, 15) is 4.79 Å². The maximum Gasteiger partial charge on any atom is 0.238 e. The molecule has 0 radical (unpaired) electrons. The molecule has 17 heavy (non-hydrogen) atoms. The fourth-order valence-electron chi connectivity index (χ4n) is 1.45. The summed E-state index contributed by atoms with van der Waals surface area (Å²) in [5.41, 5.74) is 5.62. The Morgan fingerprint density at radius 2 is 2.12 bits per heavy atom. The van der Waals surface area contributed by atoms with E-state index in [2.05, 4.69) is 15.5 Å². The number of amides is 1. The number of nitrogens with one attached hydrogen (secondary N) is 1. The molecule has 0 aliphatic rings. The fourth-order valence-corrected chi connectivity index (χ4v) is 1.45. The number of nitrogens with zero attached hydrogens (tertiary/aromatic N) is 3. The summed E-state index contributed by atoms with van der Waals surface area (Å²) < 4.78 is 1.77. The summed E-state index contributed by atoms with van der Waals surface area (Å²) in [6, 6.07) is -0.749. The Labute approximate surface area is 102 Å². The Morgan fingerprint density at radius 1 is 1.53 bits per heavy atom. The van der Waals surface area contributed by atoms with Gasteiger partial charge in [0.05, 0.1) is 12.1 Å². The van der Waals surface area contributed by atoms with E-state index in [-0.39, 0.29) is 17.4 Å². The lowest BCUT2D eigenvalue weighted by Crippen LogP contribution is -2.49. The lowest BCUT2D eigenvalue weighted by atomic mass is 9.87. The highest BCUT2D eigenvalue weighted by atomic mass is 16.2. The summed E-state index contributed by atoms with van der Waals surface area (Å²) in [6.45, 7) is 7.66. The van der Waals surface area contributed by atoms with E-state index < -0.39 is 6.04 Å². The summed E-state index contributed by atoms with van der Waals surface area (Å²) in [7, 11) is 1.83. The van der Waals surface area contributed by atoms with Gasteiger partial charge in [-0.2, -0.15) is 0 Å². The number of rotatable bonds is 3. The lowest BCUT2D eigenvalue weighted by molar-refractivity contribution is -0.125. The average molecular weight is 239 g/mol. The summed E-state index contributed by atoms with van der Waals surface area (Å²) in [4.78, 5) is 11.9. The zero-order chi connectivity index (χ0) is 13.2. The molecule has 0 aliphatic heterocycles. The first-order chi connectivity index (χ1) is 7.73. The first-order valence-corrected chi connectivity index (χ1v) is 5.63. The van der Waals surface area contributed by atoms with Crippen molar-refractivity contribution in [3.63, 3.8) is 0 Å². The molecule has 1 heterocycles. The number of carbonyl (C=O) groups is 1. The second kappa shape index (κ2) is 4.83. The molecule has 3 N–H and O–H groups in total. The van der Waals surface area contributed by atoms with E-state index in [1.807, 2.05) is 34.7 Å². The number of hydrogen-bond acceptors (Lipinski definition) is 4. The van der Waals surface area contributed by atoms with Crippen LogP contribution in [0.5, 0.6) is 0 Å². The van der Waals surface area contributed by atoms with Crippen LogP contribution >= 0.6 is 0 Å². The predicted octanol–water partition coefficient (Wildman–Crippen LogP) is 0.366. The second-order valence-electron chi connectivity index (χ2n) is 5.37. The molecule has 6 heteroatoms. The molecule has 0 fully saturated rings.